The summed E-state index contributed by atoms with van der Waals surface area (Å²) in [7, 11) is 1.75. The number of hydrogen-bond acceptors (Lipinski definition) is 6. The molecule has 0 unspecified atom stereocenters. The summed E-state index contributed by atoms with van der Waals surface area (Å²) in [6, 6.07) is 14.2. The van der Waals surface area contributed by atoms with E-state index in [4.69, 9.17) is 16.3 Å². The predicted molar refractivity (Wildman–Crippen MR) is 122 cm³/mol. The van der Waals surface area contributed by atoms with Crippen LogP contribution in [-0.2, 0) is 23.1 Å². The maximum Gasteiger partial charge on any atom is 0.234 e. The fraction of sp³-hybridized carbons (Fsp3) is 0.238. The molecule has 0 radical (unpaired) electrons. The monoisotopic (exact) mass is 459 g/mol. The molecule has 2 amide bonds. The van der Waals surface area contributed by atoms with Crippen molar-refractivity contribution in [3.05, 3.63) is 59.4 Å². The number of nitrogens with zero attached hydrogens (tertiary/aromatic N) is 3. The molecule has 0 aliphatic carbocycles. The SMILES string of the molecule is CCOc1ccc(NC(=O)CSc2nnc(CC(=O)Nc3ccccc3Cl)n2C)cc1. The van der Waals surface area contributed by atoms with Crippen molar-refractivity contribution in [2.45, 2.75) is 18.5 Å². The second-order valence-corrected chi connectivity index (χ2v) is 7.81. The highest BCUT2D eigenvalue weighted by Gasteiger charge is 2.15. The summed E-state index contributed by atoms with van der Waals surface area (Å²) in [4.78, 5) is 24.5. The number of benzene rings is 2. The Labute approximate surface area is 189 Å². The Balaban J connectivity index is 1.51. The van der Waals surface area contributed by atoms with Crippen molar-refractivity contribution in [2.75, 3.05) is 23.0 Å². The highest BCUT2D eigenvalue weighted by molar-refractivity contribution is 7.99. The molecule has 0 bridgehead atoms. The van der Waals surface area contributed by atoms with E-state index in [1.807, 2.05) is 6.92 Å². The van der Waals surface area contributed by atoms with Crippen molar-refractivity contribution < 1.29 is 14.3 Å². The first-order valence-corrected chi connectivity index (χ1v) is 10.9. The number of rotatable bonds is 9. The summed E-state index contributed by atoms with van der Waals surface area (Å²) in [6.45, 7) is 2.50. The first kappa shape index (κ1) is 22.6. The van der Waals surface area contributed by atoms with Crippen LogP contribution in [-0.4, -0.2) is 38.9 Å². The summed E-state index contributed by atoms with van der Waals surface area (Å²) >= 11 is 7.30. The van der Waals surface area contributed by atoms with Crippen LogP contribution in [0.15, 0.2) is 53.7 Å². The fourth-order valence-corrected chi connectivity index (χ4v) is 3.57. The molecule has 3 aromatic rings. The molecule has 0 saturated heterocycles. The number of amides is 2. The Morgan fingerprint density at radius 2 is 1.81 bits per heavy atom. The molecule has 0 spiro atoms. The second kappa shape index (κ2) is 10.8. The van der Waals surface area contributed by atoms with Gasteiger partial charge in [0.2, 0.25) is 11.8 Å². The average molecular weight is 460 g/mol. The van der Waals surface area contributed by atoms with Gasteiger partial charge in [-0.25, -0.2) is 0 Å². The Kier molecular flexibility index (Phi) is 7.91. The molecular formula is C21H22ClN5O3S. The molecule has 10 heteroatoms. The number of carbonyl (C=O) groups is 2. The van der Waals surface area contributed by atoms with E-state index in [2.05, 4.69) is 20.8 Å². The molecule has 162 valence electrons. The number of ether oxygens (including phenoxy) is 1. The lowest BCUT2D eigenvalue weighted by Gasteiger charge is -2.08. The highest BCUT2D eigenvalue weighted by Crippen LogP contribution is 2.21. The molecule has 31 heavy (non-hydrogen) atoms. The number of hydrogen-bond donors (Lipinski definition) is 2. The van der Waals surface area contributed by atoms with Gasteiger partial charge in [0.05, 0.1) is 29.5 Å². The van der Waals surface area contributed by atoms with Gasteiger partial charge in [-0.05, 0) is 43.3 Å². The van der Waals surface area contributed by atoms with Crippen molar-refractivity contribution in [1.82, 2.24) is 14.8 Å². The number of anilines is 2. The van der Waals surface area contributed by atoms with Crippen molar-refractivity contribution in [3.63, 3.8) is 0 Å². The zero-order valence-corrected chi connectivity index (χ0v) is 18.7. The van der Waals surface area contributed by atoms with Gasteiger partial charge in [0.15, 0.2) is 5.16 Å². The normalized spacial score (nSPS) is 10.5. The lowest BCUT2D eigenvalue weighted by molar-refractivity contribution is -0.116. The van der Waals surface area contributed by atoms with Crippen LogP contribution in [0.4, 0.5) is 11.4 Å². The highest BCUT2D eigenvalue weighted by atomic mass is 35.5. The second-order valence-electron chi connectivity index (χ2n) is 6.46. The van der Waals surface area contributed by atoms with Crippen LogP contribution in [0.2, 0.25) is 5.02 Å². The maximum absolute atomic E-state index is 12.3. The number of thioether (sulfide) groups is 1. The largest absolute Gasteiger partial charge is 0.494 e. The van der Waals surface area contributed by atoms with Gasteiger partial charge in [-0.3, -0.25) is 9.59 Å². The molecule has 3 rings (SSSR count). The van der Waals surface area contributed by atoms with E-state index in [1.165, 1.54) is 11.8 Å². The number of para-hydroxylation sites is 1. The Bertz CT molecular complexity index is 1060. The standard InChI is InChI=1S/C21H22ClN5O3S/c1-3-30-15-10-8-14(9-11-15)23-20(29)13-31-21-26-25-18(27(21)2)12-19(28)24-17-7-5-4-6-16(17)22/h4-11H,3,12-13H2,1-2H3,(H,23,29)(H,24,28). The number of aromatic nitrogens is 3. The van der Waals surface area contributed by atoms with Crippen LogP contribution >= 0.6 is 23.4 Å². The summed E-state index contributed by atoms with van der Waals surface area (Å²) in [5, 5.41) is 14.7. The molecule has 1 heterocycles. The molecule has 8 nitrogen and oxygen atoms in total. The molecule has 0 saturated carbocycles. The van der Waals surface area contributed by atoms with E-state index >= 15 is 0 Å². The van der Waals surface area contributed by atoms with Crippen molar-refractivity contribution in [2.24, 2.45) is 7.05 Å². The molecular weight excluding hydrogens is 438 g/mol. The van der Waals surface area contributed by atoms with Gasteiger partial charge in [0.1, 0.15) is 11.6 Å². The summed E-state index contributed by atoms with van der Waals surface area (Å²) in [6.07, 6.45) is 0.0354. The zero-order valence-electron chi connectivity index (χ0n) is 17.1. The van der Waals surface area contributed by atoms with Crippen LogP contribution in [0.1, 0.15) is 12.7 Å². The van der Waals surface area contributed by atoms with Gasteiger partial charge < -0.3 is 19.9 Å². The van der Waals surface area contributed by atoms with Gasteiger partial charge in [-0.15, -0.1) is 10.2 Å². The molecule has 0 fully saturated rings. The summed E-state index contributed by atoms with van der Waals surface area (Å²) < 4.78 is 7.08. The number of halogens is 1. The third-order valence-corrected chi connectivity index (χ3v) is 5.52. The Morgan fingerprint density at radius 3 is 2.52 bits per heavy atom. The van der Waals surface area contributed by atoms with E-state index in [-0.39, 0.29) is 24.0 Å². The van der Waals surface area contributed by atoms with E-state index in [9.17, 15) is 9.59 Å². The van der Waals surface area contributed by atoms with E-state index in [0.29, 0.717) is 34.0 Å². The zero-order chi connectivity index (χ0) is 22.2. The molecule has 2 aromatic carbocycles. The first-order chi connectivity index (χ1) is 15.0. The minimum atomic E-state index is -0.256. The lowest BCUT2D eigenvalue weighted by atomic mass is 10.3. The van der Waals surface area contributed by atoms with Gasteiger partial charge in [-0.2, -0.15) is 0 Å². The quantitative estimate of drug-likeness (QED) is 0.472. The van der Waals surface area contributed by atoms with Crippen molar-refractivity contribution in [3.8, 4) is 5.75 Å². The predicted octanol–water partition coefficient (Wildman–Crippen LogP) is 3.78. The topological polar surface area (TPSA) is 98.1 Å². The van der Waals surface area contributed by atoms with E-state index in [1.54, 1.807) is 60.1 Å². The van der Waals surface area contributed by atoms with E-state index < -0.39 is 0 Å². The smallest absolute Gasteiger partial charge is 0.234 e. The van der Waals surface area contributed by atoms with Gasteiger partial charge in [0.25, 0.3) is 0 Å². The van der Waals surface area contributed by atoms with Gasteiger partial charge in [0, 0.05) is 12.7 Å². The molecule has 1 aromatic heterocycles. The molecule has 2 N–H and O–H groups in total. The molecule has 0 aliphatic rings. The van der Waals surface area contributed by atoms with Crippen LogP contribution in [0.25, 0.3) is 0 Å². The molecule has 0 aliphatic heterocycles. The van der Waals surface area contributed by atoms with Gasteiger partial charge in [-0.1, -0.05) is 35.5 Å². The molecule has 0 atom stereocenters. The Morgan fingerprint density at radius 1 is 1.06 bits per heavy atom. The Hall–Kier alpha value is -3.04. The minimum absolute atomic E-state index is 0.0354. The van der Waals surface area contributed by atoms with Crippen molar-refractivity contribution >= 4 is 46.6 Å². The van der Waals surface area contributed by atoms with Crippen LogP contribution in [0, 0.1) is 0 Å². The van der Waals surface area contributed by atoms with Crippen LogP contribution in [0.3, 0.4) is 0 Å². The average Bonchev–Trinajstić information content (AvgIpc) is 3.09. The van der Waals surface area contributed by atoms with Crippen LogP contribution < -0.4 is 15.4 Å². The van der Waals surface area contributed by atoms with Crippen molar-refractivity contribution in [1.29, 1.82) is 0 Å². The minimum Gasteiger partial charge on any atom is -0.494 e. The summed E-state index contributed by atoms with van der Waals surface area (Å²) in [5.74, 6) is 0.966. The first-order valence-electron chi connectivity index (χ1n) is 9.54. The number of nitrogens with one attached hydrogen (secondary N) is 2. The lowest BCUT2D eigenvalue weighted by Crippen LogP contribution is -2.17. The summed E-state index contributed by atoms with van der Waals surface area (Å²) in [5.41, 5.74) is 1.22. The van der Waals surface area contributed by atoms with E-state index in [0.717, 1.165) is 5.75 Å². The fourth-order valence-electron chi connectivity index (χ4n) is 2.65. The maximum atomic E-state index is 12.3. The van der Waals surface area contributed by atoms with Gasteiger partial charge >= 0.3 is 0 Å². The third-order valence-electron chi connectivity index (χ3n) is 4.17. The van der Waals surface area contributed by atoms with Crippen LogP contribution in [0.5, 0.6) is 5.75 Å². The third kappa shape index (κ3) is 6.47. The number of carbonyl (C=O) groups excluding carboxylic acids is 2.